The predicted molar refractivity (Wildman–Crippen MR) is 96.4 cm³/mol. The lowest BCUT2D eigenvalue weighted by Gasteiger charge is -2.37. The number of amides is 1. The molecule has 3 aromatic rings. The van der Waals surface area contributed by atoms with E-state index in [0.717, 1.165) is 10.9 Å². The fraction of sp³-hybridized carbons (Fsp3) is 0.350. The Balaban J connectivity index is 1.42. The molecule has 0 atom stereocenters. The number of likely N-dealkylation sites (tertiary alicyclic amines) is 1. The molecule has 1 amide bonds. The van der Waals surface area contributed by atoms with E-state index >= 15 is 0 Å². The molecule has 6 heteroatoms. The van der Waals surface area contributed by atoms with Crippen molar-refractivity contribution in [3.8, 4) is 0 Å². The van der Waals surface area contributed by atoms with Gasteiger partial charge in [-0.3, -0.25) is 9.78 Å². The number of hydrogen-bond donors (Lipinski definition) is 1. The lowest BCUT2D eigenvalue weighted by atomic mass is 9.87. The second-order valence-corrected chi connectivity index (χ2v) is 6.94. The van der Waals surface area contributed by atoms with Crippen molar-refractivity contribution in [2.75, 3.05) is 13.1 Å². The van der Waals surface area contributed by atoms with Gasteiger partial charge in [0.05, 0.1) is 12.1 Å². The maximum Gasteiger partial charge on any atom is 0.228 e. The van der Waals surface area contributed by atoms with Crippen LogP contribution in [0.1, 0.15) is 29.8 Å². The van der Waals surface area contributed by atoms with Crippen LogP contribution < -0.4 is 0 Å². The molecule has 1 aromatic carbocycles. The number of aryl methyl sites for hydroxylation is 1. The molecule has 0 spiro atoms. The van der Waals surface area contributed by atoms with E-state index in [1.54, 1.807) is 11.1 Å². The third kappa shape index (κ3) is 3.08. The zero-order chi connectivity index (χ0) is 18.1. The van der Waals surface area contributed by atoms with E-state index in [9.17, 15) is 9.90 Å². The number of aliphatic hydroxyl groups is 1. The van der Waals surface area contributed by atoms with E-state index in [2.05, 4.69) is 10.1 Å². The normalized spacial score (nSPS) is 16.8. The Morgan fingerprint density at radius 2 is 2.00 bits per heavy atom. The van der Waals surface area contributed by atoms with Gasteiger partial charge in [-0.25, -0.2) is 0 Å². The average molecular weight is 351 g/mol. The summed E-state index contributed by atoms with van der Waals surface area (Å²) in [5.41, 5.74) is 2.12. The van der Waals surface area contributed by atoms with Crippen molar-refractivity contribution in [2.45, 2.75) is 31.8 Å². The number of piperidine rings is 1. The minimum Gasteiger partial charge on any atom is -0.383 e. The molecule has 1 fully saturated rings. The lowest BCUT2D eigenvalue weighted by Crippen LogP contribution is -2.46. The number of rotatable bonds is 3. The summed E-state index contributed by atoms with van der Waals surface area (Å²) in [5.74, 6) is 0.00275. The Bertz CT molecular complexity index is 925. The largest absolute Gasteiger partial charge is 0.383 e. The van der Waals surface area contributed by atoms with Crippen molar-refractivity contribution < 1.29 is 14.4 Å². The molecule has 1 N–H and O–H groups in total. The number of carbonyl (C=O) groups is 1. The highest BCUT2D eigenvalue weighted by atomic mass is 16.5. The van der Waals surface area contributed by atoms with Crippen LogP contribution in [0, 0.1) is 6.92 Å². The smallest absolute Gasteiger partial charge is 0.228 e. The quantitative estimate of drug-likeness (QED) is 0.784. The fourth-order valence-corrected chi connectivity index (χ4v) is 3.45. The Hall–Kier alpha value is -2.73. The average Bonchev–Trinajstić information content (AvgIpc) is 3.06. The van der Waals surface area contributed by atoms with E-state index in [1.165, 1.54) is 0 Å². The molecule has 134 valence electrons. The standard InChI is InChI=1S/C20H21N3O3/c1-14-6-7-18(21-13-14)20(25)8-10-23(11-9-20)19(24)12-16-15-4-2-3-5-17(15)26-22-16/h2-7,13,25H,8-12H2,1H3. The number of pyridine rings is 1. The van der Waals surface area contributed by atoms with E-state index < -0.39 is 5.60 Å². The lowest BCUT2D eigenvalue weighted by molar-refractivity contribution is -0.135. The van der Waals surface area contributed by atoms with Gasteiger partial charge < -0.3 is 14.5 Å². The van der Waals surface area contributed by atoms with Gasteiger partial charge in [0.25, 0.3) is 0 Å². The molecule has 0 unspecified atom stereocenters. The summed E-state index contributed by atoms with van der Waals surface area (Å²) in [5, 5.41) is 15.8. The third-order valence-corrected chi connectivity index (χ3v) is 5.10. The molecule has 0 aliphatic carbocycles. The molecule has 6 nitrogen and oxygen atoms in total. The van der Waals surface area contributed by atoms with Crippen LogP contribution in [0.5, 0.6) is 0 Å². The van der Waals surface area contributed by atoms with Gasteiger partial charge in [0, 0.05) is 24.7 Å². The topological polar surface area (TPSA) is 79.5 Å². The first-order valence-corrected chi connectivity index (χ1v) is 8.82. The van der Waals surface area contributed by atoms with Gasteiger partial charge in [0.1, 0.15) is 11.3 Å². The molecule has 26 heavy (non-hydrogen) atoms. The molecule has 3 heterocycles. The van der Waals surface area contributed by atoms with Crippen molar-refractivity contribution in [1.82, 2.24) is 15.0 Å². The highest BCUT2D eigenvalue weighted by Crippen LogP contribution is 2.32. The van der Waals surface area contributed by atoms with Crippen LogP contribution in [0.2, 0.25) is 0 Å². The second-order valence-electron chi connectivity index (χ2n) is 6.94. The summed E-state index contributed by atoms with van der Waals surface area (Å²) in [7, 11) is 0. The fourth-order valence-electron chi connectivity index (χ4n) is 3.45. The van der Waals surface area contributed by atoms with Gasteiger partial charge in [-0.15, -0.1) is 0 Å². The van der Waals surface area contributed by atoms with E-state index in [1.807, 2.05) is 43.3 Å². The number of hydrogen-bond acceptors (Lipinski definition) is 5. The second kappa shape index (κ2) is 6.53. The summed E-state index contributed by atoms with van der Waals surface area (Å²) in [6.07, 6.45) is 2.93. The van der Waals surface area contributed by atoms with Gasteiger partial charge in [-0.1, -0.05) is 23.4 Å². The Kier molecular flexibility index (Phi) is 4.20. The monoisotopic (exact) mass is 351 g/mol. The zero-order valence-electron chi connectivity index (χ0n) is 14.7. The SMILES string of the molecule is Cc1ccc(C2(O)CCN(C(=O)Cc3noc4ccccc34)CC2)nc1. The van der Waals surface area contributed by atoms with Gasteiger partial charge in [0.2, 0.25) is 5.91 Å². The summed E-state index contributed by atoms with van der Waals surface area (Å²) < 4.78 is 5.27. The molecule has 0 saturated carbocycles. The van der Waals surface area contributed by atoms with Crippen molar-refractivity contribution >= 4 is 16.9 Å². The van der Waals surface area contributed by atoms with Crippen LogP contribution in [0.25, 0.3) is 11.0 Å². The minimum absolute atomic E-state index is 0.00275. The first kappa shape index (κ1) is 16.7. The van der Waals surface area contributed by atoms with Crippen LogP contribution in [-0.4, -0.2) is 39.1 Å². The molecular formula is C20H21N3O3. The number of nitrogens with zero attached hydrogens (tertiary/aromatic N) is 3. The zero-order valence-corrected chi connectivity index (χ0v) is 14.7. The van der Waals surface area contributed by atoms with Crippen molar-refractivity contribution in [2.24, 2.45) is 0 Å². The molecule has 4 rings (SSSR count). The van der Waals surface area contributed by atoms with Crippen LogP contribution in [-0.2, 0) is 16.8 Å². The number of para-hydroxylation sites is 1. The van der Waals surface area contributed by atoms with Crippen molar-refractivity contribution in [3.05, 3.63) is 59.5 Å². The third-order valence-electron chi connectivity index (χ3n) is 5.10. The maximum absolute atomic E-state index is 12.6. The molecule has 1 saturated heterocycles. The number of benzene rings is 1. The first-order chi connectivity index (χ1) is 12.5. The summed E-state index contributed by atoms with van der Waals surface area (Å²) in [4.78, 5) is 18.8. The van der Waals surface area contributed by atoms with Crippen molar-refractivity contribution in [1.29, 1.82) is 0 Å². The Labute approximate surface area is 151 Å². The summed E-state index contributed by atoms with van der Waals surface area (Å²) in [6, 6.07) is 11.4. The van der Waals surface area contributed by atoms with Gasteiger partial charge in [-0.05, 0) is 43.5 Å². The van der Waals surface area contributed by atoms with Crippen LogP contribution in [0.4, 0.5) is 0 Å². The highest BCUT2D eigenvalue weighted by molar-refractivity contribution is 5.86. The highest BCUT2D eigenvalue weighted by Gasteiger charge is 2.36. The molecular weight excluding hydrogens is 330 g/mol. The van der Waals surface area contributed by atoms with Crippen LogP contribution >= 0.6 is 0 Å². The maximum atomic E-state index is 12.6. The molecule has 0 bridgehead atoms. The minimum atomic E-state index is -0.967. The summed E-state index contributed by atoms with van der Waals surface area (Å²) >= 11 is 0. The molecule has 1 aliphatic heterocycles. The number of aromatic nitrogens is 2. The predicted octanol–water partition coefficient (Wildman–Crippen LogP) is 2.58. The van der Waals surface area contributed by atoms with Crippen LogP contribution in [0.3, 0.4) is 0 Å². The van der Waals surface area contributed by atoms with E-state index in [4.69, 9.17) is 4.52 Å². The van der Waals surface area contributed by atoms with Crippen molar-refractivity contribution in [3.63, 3.8) is 0 Å². The Morgan fingerprint density at radius 3 is 2.73 bits per heavy atom. The molecule has 0 radical (unpaired) electrons. The molecule has 2 aromatic heterocycles. The summed E-state index contributed by atoms with van der Waals surface area (Å²) in [6.45, 7) is 2.97. The Morgan fingerprint density at radius 1 is 1.23 bits per heavy atom. The van der Waals surface area contributed by atoms with E-state index in [-0.39, 0.29) is 12.3 Å². The van der Waals surface area contributed by atoms with Crippen LogP contribution in [0.15, 0.2) is 47.1 Å². The molecule has 1 aliphatic rings. The van der Waals surface area contributed by atoms with Gasteiger partial charge >= 0.3 is 0 Å². The number of fused-ring (bicyclic) bond motifs is 1. The van der Waals surface area contributed by atoms with Gasteiger partial charge in [0.15, 0.2) is 5.58 Å². The number of carbonyl (C=O) groups excluding carboxylic acids is 1. The van der Waals surface area contributed by atoms with E-state index in [0.29, 0.717) is 42.9 Å². The first-order valence-electron chi connectivity index (χ1n) is 8.82. The van der Waals surface area contributed by atoms with Gasteiger partial charge in [-0.2, -0.15) is 0 Å².